The maximum Gasteiger partial charge on any atom is 0.219 e. The predicted molar refractivity (Wildman–Crippen MR) is 74.3 cm³/mol. The van der Waals surface area contributed by atoms with Crippen LogP contribution in [-0.2, 0) is 4.79 Å². The van der Waals surface area contributed by atoms with Crippen molar-refractivity contribution in [1.82, 2.24) is 10.2 Å². The van der Waals surface area contributed by atoms with Crippen LogP contribution in [-0.4, -0.2) is 93.5 Å². The zero-order valence-electron chi connectivity index (χ0n) is 12.2. The third kappa shape index (κ3) is 5.50. The lowest BCUT2D eigenvalue weighted by molar-refractivity contribution is -0.135. The van der Waals surface area contributed by atoms with Gasteiger partial charge < -0.3 is 35.7 Å². The first-order chi connectivity index (χ1) is 9.86. The number of carbonyl (C=O) groups is 1. The standard InChI is InChI=1S/C13H26N2O6/c1-8(17)15-5-9(6-15)2-3-14-4-10(18)12(20)13(21)11(19)7-16/h9-14,16,18-21H,2-7H2,1H3/t10-,11+,12+,13+/m0/s1. The number of nitrogens with zero attached hydrogens (tertiary/aromatic N) is 1. The molecule has 0 aromatic heterocycles. The summed E-state index contributed by atoms with van der Waals surface area (Å²) in [5, 5.41) is 49.5. The second-order valence-corrected chi connectivity index (χ2v) is 5.58. The highest BCUT2D eigenvalue weighted by atomic mass is 16.4. The SMILES string of the molecule is CC(=O)N1CC(CCNC[C@H](O)[C@@H](O)[C@H](O)[C@H](O)CO)C1. The van der Waals surface area contributed by atoms with E-state index in [9.17, 15) is 25.2 Å². The average molecular weight is 306 g/mol. The number of nitrogens with one attached hydrogen (secondary N) is 1. The summed E-state index contributed by atoms with van der Waals surface area (Å²) in [4.78, 5) is 12.8. The lowest BCUT2D eigenvalue weighted by atomic mass is 9.96. The summed E-state index contributed by atoms with van der Waals surface area (Å²) in [6.07, 6.45) is -4.99. The van der Waals surface area contributed by atoms with E-state index < -0.39 is 31.0 Å². The second kappa shape index (κ2) is 8.62. The third-order valence-electron chi connectivity index (χ3n) is 3.81. The molecule has 1 heterocycles. The van der Waals surface area contributed by atoms with Crippen LogP contribution in [0.15, 0.2) is 0 Å². The molecule has 0 radical (unpaired) electrons. The molecular weight excluding hydrogens is 280 g/mol. The van der Waals surface area contributed by atoms with Crippen molar-refractivity contribution in [2.45, 2.75) is 37.8 Å². The van der Waals surface area contributed by atoms with E-state index in [1.54, 1.807) is 11.8 Å². The Morgan fingerprint density at radius 1 is 1.19 bits per heavy atom. The Morgan fingerprint density at radius 2 is 1.76 bits per heavy atom. The van der Waals surface area contributed by atoms with Gasteiger partial charge in [0, 0.05) is 26.6 Å². The number of aliphatic hydroxyl groups excluding tert-OH is 5. The molecule has 0 unspecified atom stereocenters. The van der Waals surface area contributed by atoms with Gasteiger partial charge in [0.05, 0.1) is 12.7 Å². The zero-order chi connectivity index (χ0) is 16.0. The Labute approximate surface area is 124 Å². The first-order valence-electron chi connectivity index (χ1n) is 7.16. The first-order valence-corrected chi connectivity index (χ1v) is 7.16. The highest BCUT2D eigenvalue weighted by Crippen LogP contribution is 2.18. The molecular formula is C13H26N2O6. The fourth-order valence-corrected chi connectivity index (χ4v) is 2.25. The molecule has 6 N–H and O–H groups in total. The molecule has 0 spiro atoms. The van der Waals surface area contributed by atoms with E-state index in [-0.39, 0.29) is 12.5 Å². The van der Waals surface area contributed by atoms with Gasteiger partial charge >= 0.3 is 0 Å². The van der Waals surface area contributed by atoms with Crippen molar-refractivity contribution in [2.24, 2.45) is 5.92 Å². The summed E-state index contributed by atoms with van der Waals surface area (Å²) in [6.45, 7) is 3.05. The molecule has 1 fully saturated rings. The van der Waals surface area contributed by atoms with Gasteiger partial charge in [-0.1, -0.05) is 0 Å². The summed E-state index contributed by atoms with van der Waals surface area (Å²) < 4.78 is 0. The van der Waals surface area contributed by atoms with Crippen LogP contribution in [0.2, 0.25) is 0 Å². The van der Waals surface area contributed by atoms with E-state index in [2.05, 4.69) is 5.32 Å². The van der Waals surface area contributed by atoms with Gasteiger partial charge in [-0.25, -0.2) is 0 Å². The smallest absolute Gasteiger partial charge is 0.219 e. The van der Waals surface area contributed by atoms with Crippen LogP contribution in [0, 0.1) is 5.92 Å². The summed E-state index contributed by atoms with van der Waals surface area (Å²) in [7, 11) is 0. The zero-order valence-corrected chi connectivity index (χ0v) is 12.2. The molecule has 1 aliphatic rings. The van der Waals surface area contributed by atoms with Crippen LogP contribution in [0.5, 0.6) is 0 Å². The molecule has 1 aliphatic heterocycles. The van der Waals surface area contributed by atoms with E-state index in [1.165, 1.54) is 0 Å². The molecule has 0 aliphatic carbocycles. The third-order valence-corrected chi connectivity index (χ3v) is 3.81. The molecule has 8 nitrogen and oxygen atoms in total. The summed E-state index contributed by atoms with van der Waals surface area (Å²) in [5.74, 6) is 0.527. The Balaban J connectivity index is 2.11. The number of likely N-dealkylation sites (tertiary alicyclic amines) is 1. The van der Waals surface area contributed by atoms with Gasteiger partial charge in [0.1, 0.15) is 18.3 Å². The number of hydrogen-bond acceptors (Lipinski definition) is 7. The van der Waals surface area contributed by atoms with Crippen molar-refractivity contribution in [3.8, 4) is 0 Å². The van der Waals surface area contributed by atoms with Crippen LogP contribution in [0.1, 0.15) is 13.3 Å². The molecule has 124 valence electrons. The normalized spacial score (nSPS) is 21.5. The van der Waals surface area contributed by atoms with Crippen molar-refractivity contribution >= 4 is 5.91 Å². The number of aliphatic hydroxyl groups is 5. The summed E-state index contributed by atoms with van der Waals surface area (Å²) in [6, 6.07) is 0. The fraction of sp³-hybridized carbons (Fsp3) is 0.923. The molecule has 8 heteroatoms. The topological polar surface area (TPSA) is 133 Å². The van der Waals surface area contributed by atoms with Gasteiger partial charge in [-0.3, -0.25) is 4.79 Å². The number of rotatable bonds is 9. The Hall–Kier alpha value is -0.770. The molecule has 0 bridgehead atoms. The Kier molecular flexibility index (Phi) is 7.50. The van der Waals surface area contributed by atoms with E-state index in [1.807, 2.05) is 0 Å². The lowest BCUT2D eigenvalue weighted by Crippen LogP contribution is -2.51. The van der Waals surface area contributed by atoms with Gasteiger partial charge in [0.15, 0.2) is 0 Å². The maximum atomic E-state index is 11.0. The molecule has 1 amide bonds. The molecule has 0 aromatic rings. The minimum Gasteiger partial charge on any atom is -0.394 e. The molecule has 0 saturated carbocycles. The van der Waals surface area contributed by atoms with Crippen molar-refractivity contribution in [3.05, 3.63) is 0 Å². The fourth-order valence-electron chi connectivity index (χ4n) is 2.25. The van der Waals surface area contributed by atoms with Crippen molar-refractivity contribution < 1.29 is 30.3 Å². The maximum absolute atomic E-state index is 11.0. The van der Waals surface area contributed by atoms with Gasteiger partial charge in [-0.05, 0) is 18.9 Å². The minimum absolute atomic E-state index is 0.0690. The number of carbonyl (C=O) groups excluding carboxylic acids is 1. The quantitative estimate of drug-likeness (QED) is 0.248. The Morgan fingerprint density at radius 3 is 2.29 bits per heavy atom. The number of hydrogen-bond donors (Lipinski definition) is 6. The lowest BCUT2D eigenvalue weighted by Gasteiger charge is -2.38. The molecule has 0 aromatic carbocycles. The van der Waals surface area contributed by atoms with E-state index in [0.717, 1.165) is 19.5 Å². The van der Waals surface area contributed by atoms with Gasteiger partial charge in [0.25, 0.3) is 0 Å². The minimum atomic E-state index is -1.59. The molecule has 1 saturated heterocycles. The van der Waals surface area contributed by atoms with Gasteiger partial charge in [-0.2, -0.15) is 0 Å². The van der Waals surface area contributed by atoms with Crippen LogP contribution in [0.3, 0.4) is 0 Å². The van der Waals surface area contributed by atoms with Gasteiger partial charge in [0.2, 0.25) is 5.91 Å². The van der Waals surface area contributed by atoms with E-state index in [4.69, 9.17) is 5.11 Å². The van der Waals surface area contributed by atoms with Crippen LogP contribution in [0.25, 0.3) is 0 Å². The summed E-state index contributed by atoms with van der Waals surface area (Å²) in [5.41, 5.74) is 0. The highest BCUT2D eigenvalue weighted by Gasteiger charge is 2.30. The predicted octanol–water partition coefficient (Wildman–Crippen LogP) is -3.12. The number of amides is 1. The van der Waals surface area contributed by atoms with Crippen molar-refractivity contribution in [1.29, 1.82) is 0 Å². The highest BCUT2D eigenvalue weighted by molar-refractivity contribution is 5.74. The molecule has 4 atom stereocenters. The van der Waals surface area contributed by atoms with Crippen LogP contribution < -0.4 is 5.32 Å². The summed E-state index contributed by atoms with van der Waals surface area (Å²) >= 11 is 0. The van der Waals surface area contributed by atoms with Gasteiger partial charge in [-0.15, -0.1) is 0 Å². The Bertz CT molecular complexity index is 324. The average Bonchev–Trinajstić information content (AvgIpc) is 2.41. The van der Waals surface area contributed by atoms with E-state index >= 15 is 0 Å². The van der Waals surface area contributed by atoms with Crippen molar-refractivity contribution in [2.75, 3.05) is 32.8 Å². The van der Waals surface area contributed by atoms with E-state index in [0.29, 0.717) is 12.5 Å². The molecule has 21 heavy (non-hydrogen) atoms. The van der Waals surface area contributed by atoms with Crippen molar-refractivity contribution in [3.63, 3.8) is 0 Å². The molecule has 1 rings (SSSR count). The van der Waals surface area contributed by atoms with Crippen LogP contribution in [0.4, 0.5) is 0 Å². The largest absolute Gasteiger partial charge is 0.394 e. The first kappa shape index (κ1) is 18.3. The van der Waals surface area contributed by atoms with Crippen LogP contribution >= 0.6 is 0 Å². The monoisotopic (exact) mass is 306 g/mol. The second-order valence-electron chi connectivity index (χ2n) is 5.58.